The quantitative estimate of drug-likeness (QED) is 0.721. The first-order valence-electron chi connectivity index (χ1n) is 5.20. The zero-order valence-electron chi connectivity index (χ0n) is 9.43. The monoisotopic (exact) mass is 245 g/mol. The third-order valence-electron chi connectivity index (χ3n) is 3.01. The summed E-state index contributed by atoms with van der Waals surface area (Å²) in [5.41, 5.74) is 1.21. The van der Waals surface area contributed by atoms with Crippen LogP contribution >= 0.6 is 23.2 Å². The normalized spacial score (nSPS) is 13.9. The molecule has 1 atom stereocenters. The van der Waals surface area contributed by atoms with Crippen LogP contribution in [0, 0.1) is 5.41 Å². The second-order valence-electron chi connectivity index (χ2n) is 4.48. The average Bonchev–Trinajstić information content (AvgIpc) is 2.21. The Kier molecular flexibility index (Phi) is 4.42. The molecule has 0 saturated heterocycles. The molecular formula is C12H17Cl2N. The van der Waals surface area contributed by atoms with E-state index < -0.39 is 0 Å². The lowest BCUT2D eigenvalue weighted by Crippen LogP contribution is -2.25. The van der Waals surface area contributed by atoms with Crippen LogP contribution in [0.2, 0.25) is 5.02 Å². The first-order valence-corrected chi connectivity index (χ1v) is 6.01. The van der Waals surface area contributed by atoms with Gasteiger partial charge < -0.3 is 0 Å². The summed E-state index contributed by atoms with van der Waals surface area (Å²) in [5, 5.41) is 0.803. The Hall–Kier alpha value is -0.270. The summed E-state index contributed by atoms with van der Waals surface area (Å²) in [6.45, 7) is 6.52. The predicted molar refractivity (Wildman–Crippen MR) is 66.7 cm³/mol. The van der Waals surface area contributed by atoms with Crippen LogP contribution in [0.3, 0.4) is 0 Å². The standard InChI is InChI=1S/C12H17Cl2N/c1-4-12(2,3)11(14)7-9-5-6-15-8-10(9)13/h5-6,8,11H,4,7H2,1-3H3. The van der Waals surface area contributed by atoms with Crippen LogP contribution in [0.5, 0.6) is 0 Å². The molecule has 0 fully saturated rings. The van der Waals surface area contributed by atoms with Crippen LogP contribution in [0.1, 0.15) is 32.8 Å². The molecule has 0 N–H and O–H groups in total. The van der Waals surface area contributed by atoms with E-state index in [2.05, 4.69) is 25.8 Å². The fourth-order valence-electron chi connectivity index (χ4n) is 1.26. The van der Waals surface area contributed by atoms with Crippen molar-refractivity contribution < 1.29 is 0 Å². The molecule has 3 heteroatoms. The number of nitrogens with zero attached hydrogens (tertiary/aromatic N) is 1. The number of aromatic nitrogens is 1. The van der Waals surface area contributed by atoms with Crippen molar-refractivity contribution in [1.29, 1.82) is 0 Å². The maximum atomic E-state index is 6.40. The molecule has 0 aliphatic heterocycles. The molecule has 1 unspecified atom stereocenters. The molecule has 0 spiro atoms. The van der Waals surface area contributed by atoms with Gasteiger partial charge in [-0.15, -0.1) is 11.6 Å². The first kappa shape index (κ1) is 12.8. The van der Waals surface area contributed by atoms with Crippen molar-refractivity contribution in [2.45, 2.75) is 39.0 Å². The van der Waals surface area contributed by atoms with E-state index in [-0.39, 0.29) is 10.8 Å². The van der Waals surface area contributed by atoms with Gasteiger partial charge in [0.25, 0.3) is 0 Å². The van der Waals surface area contributed by atoms with Gasteiger partial charge in [0, 0.05) is 17.8 Å². The molecule has 1 aromatic heterocycles. The fourth-order valence-corrected chi connectivity index (χ4v) is 1.78. The number of hydrogen-bond donors (Lipinski definition) is 0. The highest BCUT2D eigenvalue weighted by molar-refractivity contribution is 6.31. The van der Waals surface area contributed by atoms with Gasteiger partial charge in [-0.3, -0.25) is 4.98 Å². The van der Waals surface area contributed by atoms with Crippen molar-refractivity contribution in [2.75, 3.05) is 0 Å². The molecule has 0 saturated carbocycles. The fraction of sp³-hybridized carbons (Fsp3) is 0.583. The zero-order valence-corrected chi connectivity index (χ0v) is 10.9. The predicted octanol–water partition coefficient (Wildman–Crippen LogP) is 4.32. The summed E-state index contributed by atoms with van der Waals surface area (Å²) in [6.07, 6.45) is 5.27. The maximum Gasteiger partial charge on any atom is 0.0621 e. The van der Waals surface area contributed by atoms with Gasteiger partial charge >= 0.3 is 0 Å². The van der Waals surface area contributed by atoms with Crippen LogP contribution < -0.4 is 0 Å². The minimum atomic E-state index is 0.0994. The Morgan fingerprint density at radius 3 is 2.67 bits per heavy atom. The van der Waals surface area contributed by atoms with Gasteiger partial charge in [-0.05, 0) is 29.9 Å². The molecule has 0 amide bonds. The molecule has 1 rings (SSSR count). The van der Waals surface area contributed by atoms with E-state index in [0.29, 0.717) is 5.02 Å². The van der Waals surface area contributed by atoms with Crippen LogP contribution in [0.15, 0.2) is 18.5 Å². The Morgan fingerprint density at radius 1 is 1.47 bits per heavy atom. The lowest BCUT2D eigenvalue weighted by atomic mass is 9.83. The van der Waals surface area contributed by atoms with E-state index in [9.17, 15) is 0 Å². The van der Waals surface area contributed by atoms with Crippen LogP contribution in [0.25, 0.3) is 0 Å². The molecule has 0 aliphatic rings. The van der Waals surface area contributed by atoms with Crippen LogP contribution in [-0.2, 0) is 6.42 Å². The average molecular weight is 246 g/mol. The summed E-state index contributed by atoms with van der Waals surface area (Å²) >= 11 is 12.4. The van der Waals surface area contributed by atoms with Crippen molar-refractivity contribution in [1.82, 2.24) is 4.98 Å². The van der Waals surface area contributed by atoms with E-state index in [0.717, 1.165) is 18.4 Å². The molecule has 0 radical (unpaired) electrons. The minimum absolute atomic E-state index is 0.0994. The Balaban J connectivity index is 2.75. The van der Waals surface area contributed by atoms with Gasteiger partial charge in [0.15, 0.2) is 0 Å². The molecule has 15 heavy (non-hydrogen) atoms. The summed E-state index contributed by atoms with van der Waals surface area (Å²) < 4.78 is 0. The second-order valence-corrected chi connectivity index (χ2v) is 5.41. The highest BCUT2D eigenvalue weighted by atomic mass is 35.5. The molecule has 84 valence electrons. The van der Waals surface area contributed by atoms with E-state index in [4.69, 9.17) is 23.2 Å². The molecule has 0 bridgehead atoms. The van der Waals surface area contributed by atoms with Gasteiger partial charge in [-0.1, -0.05) is 32.4 Å². The third kappa shape index (κ3) is 3.35. The summed E-state index contributed by atoms with van der Waals surface area (Å²) in [5.74, 6) is 0. The van der Waals surface area contributed by atoms with Crippen molar-refractivity contribution in [2.24, 2.45) is 5.41 Å². The van der Waals surface area contributed by atoms with Crippen LogP contribution in [0.4, 0.5) is 0 Å². The highest BCUT2D eigenvalue weighted by Crippen LogP contribution is 2.32. The summed E-state index contributed by atoms with van der Waals surface area (Å²) in [4.78, 5) is 3.96. The minimum Gasteiger partial charge on any atom is -0.263 e. The largest absolute Gasteiger partial charge is 0.263 e. The van der Waals surface area contributed by atoms with Crippen molar-refractivity contribution in [3.63, 3.8) is 0 Å². The van der Waals surface area contributed by atoms with Crippen LogP contribution in [-0.4, -0.2) is 10.4 Å². The summed E-state index contributed by atoms with van der Waals surface area (Å²) in [7, 11) is 0. The van der Waals surface area contributed by atoms with Crippen molar-refractivity contribution >= 4 is 23.2 Å². The number of alkyl halides is 1. The Morgan fingerprint density at radius 2 is 2.13 bits per heavy atom. The van der Waals surface area contributed by atoms with E-state index in [1.54, 1.807) is 12.4 Å². The van der Waals surface area contributed by atoms with Gasteiger partial charge in [0.1, 0.15) is 0 Å². The van der Waals surface area contributed by atoms with Gasteiger partial charge in [0.05, 0.1) is 5.02 Å². The first-order chi connectivity index (χ1) is 6.97. The van der Waals surface area contributed by atoms with Crippen molar-refractivity contribution in [3.8, 4) is 0 Å². The number of rotatable bonds is 4. The Labute approximate surface area is 102 Å². The summed E-state index contributed by atoms with van der Waals surface area (Å²) in [6, 6.07) is 1.93. The smallest absolute Gasteiger partial charge is 0.0621 e. The number of halogens is 2. The topological polar surface area (TPSA) is 12.9 Å². The SMILES string of the molecule is CCC(C)(C)C(Cl)Cc1ccncc1Cl. The number of pyridine rings is 1. The van der Waals surface area contributed by atoms with Gasteiger partial charge in [-0.25, -0.2) is 0 Å². The molecular weight excluding hydrogens is 229 g/mol. The second kappa shape index (κ2) is 5.18. The molecule has 1 heterocycles. The maximum absolute atomic E-state index is 6.40. The van der Waals surface area contributed by atoms with E-state index in [1.807, 2.05) is 6.07 Å². The Bertz CT molecular complexity index is 323. The van der Waals surface area contributed by atoms with Crippen molar-refractivity contribution in [3.05, 3.63) is 29.0 Å². The molecule has 1 aromatic rings. The zero-order chi connectivity index (χ0) is 11.5. The van der Waals surface area contributed by atoms with Gasteiger partial charge in [-0.2, -0.15) is 0 Å². The third-order valence-corrected chi connectivity index (χ3v) is 4.10. The van der Waals surface area contributed by atoms with E-state index >= 15 is 0 Å². The highest BCUT2D eigenvalue weighted by Gasteiger charge is 2.26. The molecule has 0 aromatic carbocycles. The molecule has 0 aliphatic carbocycles. The lowest BCUT2D eigenvalue weighted by Gasteiger charge is -2.28. The number of hydrogen-bond acceptors (Lipinski definition) is 1. The lowest BCUT2D eigenvalue weighted by molar-refractivity contribution is 0.330. The van der Waals surface area contributed by atoms with E-state index in [1.165, 1.54) is 0 Å². The molecule has 1 nitrogen and oxygen atoms in total. The van der Waals surface area contributed by atoms with Gasteiger partial charge in [0.2, 0.25) is 0 Å².